The number of benzene rings is 2. The van der Waals surface area contributed by atoms with Crippen LogP contribution in [-0.4, -0.2) is 59.4 Å². The highest BCUT2D eigenvalue weighted by molar-refractivity contribution is 6.00. The lowest BCUT2D eigenvalue weighted by Gasteiger charge is -2.52. The summed E-state index contributed by atoms with van der Waals surface area (Å²) in [6, 6.07) is 20.8. The van der Waals surface area contributed by atoms with Gasteiger partial charge in [0.2, 0.25) is 11.8 Å². The molecule has 2 heterocycles. The second kappa shape index (κ2) is 13.2. The molecule has 0 bridgehead atoms. The number of nitrogens with zero attached hydrogens (tertiary/aromatic N) is 2. The van der Waals surface area contributed by atoms with Crippen LogP contribution in [0.1, 0.15) is 69.9 Å². The molecule has 2 amide bonds. The van der Waals surface area contributed by atoms with E-state index in [1.807, 2.05) is 11.0 Å². The lowest BCUT2D eigenvalue weighted by molar-refractivity contribution is -0.161. The van der Waals surface area contributed by atoms with Crippen LogP contribution in [0.4, 0.5) is 0 Å². The molecule has 0 unspecified atom stereocenters. The highest BCUT2D eigenvalue weighted by Gasteiger charge is 2.53. The van der Waals surface area contributed by atoms with Crippen molar-refractivity contribution in [1.29, 1.82) is 0 Å². The first-order chi connectivity index (χ1) is 18.0. The number of hydrogen-bond donors (Lipinski definition) is 1. The Morgan fingerprint density at radius 1 is 0.811 bits per heavy atom. The molecule has 1 N–H and O–H groups in total. The van der Waals surface area contributed by atoms with Crippen LogP contribution in [0, 0.1) is 5.92 Å². The van der Waals surface area contributed by atoms with E-state index in [2.05, 4.69) is 78.7 Å². The number of carbonyl (C=O) groups excluding carboxylic acids is 2. The maximum absolute atomic E-state index is 13.7. The molecule has 2 aromatic rings. The molecule has 2 fully saturated rings. The average molecular weight is 504 g/mol. The van der Waals surface area contributed by atoms with Gasteiger partial charge in [-0.05, 0) is 81.4 Å². The van der Waals surface area contributed by atoms with E-state index in [1.54, 1.807) is 0 Å². The lowest BCUT2D eigenvalue weighted by atomic mass is 9.80. The minimum atomic E-state index is -0.683. The minimum Gasteiger partial charge on any atom is -0.342 e. The van der Waals surface area contributed by atoms with Crippen molar-refractivity contribution in [3.8, 4) is 0 Å². The Morgan fingerprint density at radius 2 is 1.35 bits per heavy atom. The Kier molecular flexibility index (Phi) is 9.79. The van der Waals surface area contributed by atoms with Crippen LogP contribution in [0.5, 0.6) is 0 Å². The number of hydrogen-bond acceptors (Lipinski definition) is 3. The van der Waals surface area contributed by atoms with Gasteiger partial charge < -0.3 is 15.1 Å². The van der Waals surface area contributed by atoms with Crippen LogP contribution < -0.4 is 5.32 Å². The second-order valence-electron chi connectivity index (χ2n) is 11.4. The van der Waals surface area contributed by atoms with Crippen LogP contribution in [0.3, 0.4) is 0 Å². The molecule has 5 nitrogen and oxygen atoms in total. The van der Waals surface area contributed by atoms with E-state index in [-0.39, 0.29) is 17.9 Å². The second-order valence-corrected chi connectivity index (χ2v) is 11.4. The first-order valence-electron chi connectivity index (χ1n) is 14.4. The summed E-state index contributed by atoms with van der Waals surface area (Å²) in [7, 11) is 0. The Balaban J connectivity index is 1.33. The third kappa shape index (κ3) is 7.22. The number of nitrogens with one attached hydrogen (secondary N) is 1. The van der Waals surface area contributed by atoms with Crippen LogP contribution in [0.25, 0.3) is 0 Å². The van der Waals surface area contributed by atoms with E-state index in [0.717, 1.165) is 64.6 Å². The predicted molar refractivity (Wildman–Crippen MR) is 150 cm³/mol. The fourth-order valence-electron chi connectivity index (χ4n) is 6.03. The van der Waals surface area contributed by atoms with Gasteiger partial charge in [-0.15, -0.1) is 0 Å². The van der Waals surface area contributed by atoms with E-state index in [9.17, 15) is 9.59 Å². The summed E-state index contributed by atoms with van der Waals surface area (Å²) < 4.78 is 0. The molecule has 1 atom stereocenters. The van der Waals surface area contributed by atoms with Gasteiger partial charge in [0.1, 0.15) is 11.6 Å². The molecule has 4 rings (SSSR count). The van der Waals surface area contributed by atoms with E-state index in [0.29, 0.717) is 18.9 Å². The van der Waals surface area contributed by atoms with Gasteiger partial charge in [0.25, 0.3) is 0 Å². The highest BCUT2D eigenvalue weighted by Crippen LogP contribution is 2.34. The summed E-state index contributed by atoms with van der Waals surface area (Å²) in [5.74, 6) is 0.565. The maximum Gasteiger partial charge on any atom is 0.246 e. The summed E-state index contributed by atoms with van der Waals surface area (Å²) in [6.07, 6.45) is 8.57. The Bertz CT molecular complexity index is 984. The van der Waals surface area contributed by atoms with Gasteiger partial charge in [0, 0.05) is 19.6 Å². The van der Waals surface area contributed by atoms with Crippen LogP contribution in [0.15, 0.2) is 60.7 Å². The first kappa shape index (κ1) is 27.4. The molecule has 2 aromatic carbocycles. The Morgan fingerprint density at radius 3 is 1.89 bits per heavy atom. The van der Waals surface area contributed by atoms with Crippen molar-refractivity contribution in [2.45, 2.75) is 83.2 Å². The van der Waals surface area contributed by atoms with E-state index in [4.69, 9.17) is 0 Å². The summed E-state index contributed by atoms with van der Waals surface area (Å²) in [6.45, 7) is 7.72. The van der Waals surface area contributed by atoms with E-state index in [1.165, 1.54) is 17.5 Å². The fourth-order valence-corrected chi connectivity index (χ4v) is 6.03. The standard InChI is InChI=1S/C32H45N3O2/c1-26(2)25-29-30(36)35(22-12-10-18-28-15-7-4-8-16-28)32(31(37)33-29)19-23-34(24-20-32)21-11-9-17-27-13-5-3-6-14-27/h3-8,13-16,26,29H,9-12,17-25H2,1-2H3,(H,33,37)/t29-/m0/s1. The fraction of sp³-hybridized carbons (Fsp3) is 0.562. The quantitative estimate of drug-likeness (QED) is 0.403. The molecule has 0 aromatic heterocycles. The smallest absolute Gasteiger partial charge is 0.246 e. The maximum atomic E-state index is 13.7. The SMILES string of the molecule is CC(C)C[C@@H]1NC(=O)C2(CCN(CCCCc3ccccc3)CC2)N(CCCCc2ccccc2)C1=O. The van der Waals surface area contributed by atoms with Gasteiger partial charge in [0.05, 0.1) is 0 Å². The van der Waals surface area contributed by atoms with Gasteiger partial charge in [-0.25, -0.2) is 0 Å². The average Bonchev–Trinajstić information content (AvgIpc) is 2.91. The predicted octanol–water partition coefficient (Wildman–Crippen LogP) is 5.24. The molecule has 1 spiro atoms. The molecule has 2 aliphatic rings. The van der Waals surface area contributed by atoms with E-state index < -0.39 is 5.54 Å². The van der Waals surface area contributed by atoms with Crippen molar-refractivity contribution in [2.24, 2.45) is 5.92 Å². The summed E-state index contributed by atoms with van der Waals surface area (Å²) >= 11 is 0. The molecule has 5 heteroatoms. The number of piperidine rings is 1. The molecule has 0 aliphatic carbocycles. The van der Waals surface area contributed by atoms with Crippen molar-refractivity contribution in [3.63, 3.8) is 0 Å². The minimum absolute atomic E-state index is 0.0736. The topological polar surface area (TPSA) is 52.7 Å². The monoisotopic (exact) mass is 503 g/mol. The normalized spacial score (nSPS) is 20.0. The van der Waals surface area contributed by atoms with Gasteiger partial charge in [0.15, 0.2) is 0 Å². The zero-order valence-electron chi connectivity index (χ0n) is 22.8. The van der Waals surface area contributed by atoms with Gasteiger partial charge in [-0.1, -0.05) is 74.5 Å². The molecule has 2 saturated heterocycles. The molecule has 200 valence electrons. The van der Waals surface area contributed by atoms with Crippen molar-refractivity contribution in [3.05, 3.63) is 71.8 Å². The molecular weight excluding hydrogens is 458 g/mol. The summed E-state index contributed by atoms with van der Waals surface area (Å²) in [4.78, 5) is 31.7. The van der Waals surface area contributed by atoms with Crippen molar-refractivity contribution in [1.82, 2.24) is 15.1 Å². The number of piperazine rings is 1. The summed E-state index contributed by atoms with van der Waals surface area (Å²) in [5.41, 5.74) is 2.05. The summed E-state index contributed by atoms with van der Waals surface area (Å²) in [5, 5.41) is 3.14. The van der Waals surface area contributed by atoms with Crippen molar-refractivity contribution < 1.29 is 9.59 Å². The Hall–Kier alpha value is -2.66. The number of amides is 2. The van der Waals surface area contributed by atoms with Crippen molar-refractivity contribution >= 4 is 11.8 Å². The van der Waals surface area contributed by atoms with Crippen LogP contribution in [0.2, 0.25) is 0 Å². The molecular formula is C32H45N3O2. The van der Waals surface area contributed by atoms with Gasteiger partial charge >= 0.3 is 0 Å². The van der Waals surface area contributed by atoms with Gasteiger partial charge in [-0.3, -0.25) is 9.59 Å². The number of likely N-dealkylation sites (tertiary alicyclic amines) is 1. The van der Waals surface area contributed by atoms with Gasteiger partial charge in [-0.2, -0.15) is 0 Å². The van der Waals surface area contributed by atoms with Crippen LogP contribution in [-0.2, 0) is 22.4 Å². The van der Waals surface area contributed by atoms with Crippen LogP contribution >= 0.6 is 0 Å². The lowest BCUT2D eigenvalue weighted by Crippen LogP contribution is -2.73. The largest absolute Gasteiger partial charge is 0.342 e. The first-order valence-corrected chi connectivity index (χ1v) is 14.4. The van der Waals surface area contributed by atoms with E-state index >= 15 is 0 Å². The number of aryl methyl sites for hydroxylation is 2. The zero-order chi connectivity index (χ0) is 26.1. The molecule has 0 saturated carbocycles. The molecule has 2 aliphatic heterocycles. The zero-order valence-corrected chi connectivity index (χ0v) is 22.8. The number of unbranched alkanes of at least 4 members (excludes halogenated alkanes) is 2. The molecule has 37 heavy (non-hydrogen) atoms. The van der Waals surface area contributed by atoms with Crippen molar-refractivity contribution in [2.75, 3.05) is 26.2 Å². The highest BCUT2D eigenvalue weighted by atomic mass is 16.2. The number of carbonyl (C=O) groups is 2. The molecule has 0 radical (unpaired) electrons. The number of rotatable bonds is 12. The third-order valence-corrected chi connectivity index (χ3v) is 8.17. The third-order valence-electron chi connectivity index (χ3n) is 8.17. The Labute approximate surface area is 223 Å².